The minimum Gasteiger partial charge on any atom is -0.299 e. The molecule has 0 aliphatic carbocycles. The van der Waals surface area contributed by atoms with E-state index in [4.69, 9.17) is 0 Å². The molecule has 0 aromatic heterocycles. The van der Waals surface area contributed by atoms with Gasteiger partial charge in [0.15, 0.2) is 5.12 Å². The number of hydrogen-bond donors (Lipinski definition) is 0. The van der Waals surface area contributed by atoms with Crippen molar-refractivity contribution in [1.82, 2.24) is 0 Å². The van der Waals surface area contributed by atoms with E-state index < -0.39 is 0 Å². The average Bonchev–Trinajstić information content (AvgIpc) is 2.20. The van der Waals surface area contributed by atoms with Gasteiger partial charge >= 0.3 is 0 Å². The second-order valence-corrected chi connectivity index (χ2v) is 5.10. The Morgan fingerprint density at radius 3 is 2.20 bits per heavy atom. The van der Waals surface area contributed by atoms with E-state index in [2.05, 4.69) is 13.8 Å². The van der Waals surface area contributed by atoms with Crippen molar-refractivity contribution in [3.63, 3.8) is 0 Å². The van der Waals surface area contributed by atoms with Crippen molar-refractivity contribution in [2.75, 3.05) is 0 Å². The molecule has 88 valence electrons. The number of thioether (sulfide) groups is 1. The fourth-order valence-electron chi connectivity index (χ4n) is 1.27. The number of rotatable bonds is 8. The van der Waals surface area contributed by atoms with Crippen LogP contribution in [0, 0.1) is 0 Å². The summed E-state index contributed by atoms with van der Waals surface area (Å²) in [6.07, 6.45) is 5.52. The SMILES string of the molecule is CCCCC(=O)SC(CCCC)C(C)=O. The molecule has 0 amide bonds. The molecule has 0 rings (SSSR count). The molecule has 0 radical (unpaired) electrons. The van der Waals surface area contributed by atoms with Gasteiger partial charge in [-0.25, -0.2) is 0 Å². The molecular weight excluding hydrogens is 208 g/mol. The second kappa shape index (κ2) is 8.96. The molecule has 0 aliphatic rings. The van der Waals surface area contributed by atoms with Crippen LogP contribution in [0.3, 0.4) is 0 Å². The smallest absolute Gasteiger partial charge is 0.189 e. The highest BCUT2D eigenvalue weighted by atomic mass is 32.2. The Labute approximate surface area is 97.2 Å². The zero-order valence-electron chi connectivity index (χ0n) is 10.0. The molecule has 2 nitrogen and oxygen atoms in total. The molecule has 0 aliphatic heterocycles. The highest BCUT2D eigenvalue weighted by Gasteiger charge is 2.17. The van der Waals surface area contributed by atoms with Gasteiger partial charge in [-0.15, -0.1) is 0 Å². The molecule has 0 heterocycles. The molecule has 0 saturated heterocycles. The van der Waals surface area contributed by atoms with Crippen LogP contribution < -0.4 is 0 Å². The first-order valence-electron chi connectivity index (χ1n) is 5.81. The number of carbonyl (C=O) groups is 2. The summed E-state index contributed by atoms with van der Waals surface area (Å²) in [7, 11) is 0. The molecule has 0 aromatic rings. The van der Waals surface area contributed by atoms with Gasteiger partial charge in [0.2, 0.25) is 0 Å². The van der Waals surface area contributed by atoms with Crippen molar-refractivity contribution in [1.29, 1.82) is 0 Å². The van der Waals surface area contributed by atoms with E-state index >= 15 is 0 Å². The Morgan fingerprint density at radius 2 is 1.73 bits per heavy atom. The van der Waals surface area contributed by atoms with Gasteiger partial charge < -0.3 is 0 Å². The second-order valence-electron chi connectivity index (χ2n) is 3.83. The molecule has 0 bridgehead atoms. The fraction of sp³-hybridized carbons (Fsp3) is 0.833. The summed E-state index contributed by atoms with van der Waals surface area (Å²) in [6.45, 7) is 5.75. The van der Waals surface area contributed by atoms with E-state index in [9.17, 15) is 9.59 Å². The summed E-state index contributed by atoms with van der Waals surface area (Å²) in [5.74, 6) is 0.137. The lowest BCUT2D eigenvalue weighted by atomic mass is 10.1. The van der Waals surface area contributed by atoms with Crippen LogP contribution in [0.5, 0.6) is 0 Å². The maximum atomic E-state index is 11.5. The number of hydrogen-bond acceptors (Lipinski definition) is 3. The van der Waals surface area contributed by atoms with E-state index in [1.54, 1.807) is 6.92 Å². The summed E-state index contributed by atoms with van der Waals surface area (Å²) in [4.78, 5) is 22.8. The quantitative estimate of drug-likeness (QED) is 0.639. The standard InChI is InChI=1S/C12H22O2S/c1-4-6-8-11(10(3)13)15-12(14)9-7-5-2/h11H,4-9H2,1-3H3. The maximum Gasteiger partial charge on any atom is 0.189 e. The minimum absolute atomic E-state index is 0.102. The van der Waals surface area contributed by atoms with Crippen LogP contribution in [-0.4, -0.2) is 16.1 Å². The third kappa shape index (κ3) is 7.60. The predicted molar refractivity (Wildman–Crippen MR) is 66.1 cm³/mol. The summed E-state index contributed by atoms with van der Waals surface area (Å²) < 4.78 is 0. The van der Waals surface area contributed by atoms with Gasteiger partial charge in [0.05, 0.1) is 5.25 Å². The first-order valence-corrected chi connectivity index (χ1v) is 6.69. The summed E-state index contributed by atoms with van der Waals surface area (Å²) in [5, 5.41) is 0.0717. The third-order valence-corrected chi connectivity index (χ3v) is 3.60. The van der Waals surface area contributed by atoms with Crippen molar-refractivity contribution < 1.29 is 9.59 Å². The number of carbonyl (C=O) groups excluding carboxylic acids is 2. The van der Waals surface area contributed by atoms with E-state index in [-0.39, 0.29) is 16.1 Å². The third-order valence-electron chi connectivity index (χ3n) is 2.28. The predicted octanol–water partition coefficient (Wildman–Crippen LogP) is 3.58. The van der Waals surface area contributed by atoms with Gasteiger partial charge in [-0.1, -0.05) is 44.9 Å². The van der Waals surface area contributed by atoms with Gasteiger partial charge in [0.25, 0.3) is 0 Å². The van der Waals surface area contributed by atoms with Gasteiger partial charge in [0.1, 0.15) is 5.78 Å². The van der Waals surface area contributed by atoms with Crippen LogP contribution in [0.1, 0.15) is 59.3 Å². The molecule has 0 aromatic carbocycles. The number of unbranched alkanes of at least 4 members (excludes halogenated alkanes) is 2. The Morgan fingerprint density at radius 1 is 1.13 bits per heavy atom. The molecule has 1 atom stereocenters. The zero-order valence-corrected chi connectivity index (χ0v) is 10.9. The molecule has 15 heavy (non-hydrogen) atoms. The van der Waals surface area contributed by atoms with Gasteiger partial charge in [-0.3, -0.25) is 9.59 Å². The minimum atomic E-state index is -0.102. The molecule has 0 fully saturated rings. The monoisotopic (exact) mass is 230 g/mol. The van der Waals surface area contributed by atoms with Crippen molar-refractivity contribution in [2.24, 2.45) is 0 Å². The number of Topliss-reactive ketones (excluding diaryl/α,β-unsaturated/α-hetero) is 1. The first-order chi connectivity index (χ1) is 7.11. The van der Waals surface area contributed by atoms with Crippen LogP contribution in [-0.2, 0) is 9.59 Å². The summed E-state index contributed by atoms with van der Waals surface area (Å²) >= 11 is 1.24. The topological polar surface area (TPSA) is 34.1 Å². The van der Waals surface area contributed by atoms with Crippen LogP contribution in [0.2, 0.25) is 0 Å². The first kappa shape index (κ1) is 14.7. The van der Waals surface area contributed by atoms with Gasteiger partial charge in [-0.2, -0.15) is 0 Å². The van der Waals surface area contributed by atoms with Gasteiger partial charge in [0, 0.05) is 6.42 Å². The molecule has 1 unspecified atom stereocenters. The van der Waals surface area contributed by atoms with E-state index in [1.165, 1.54) is 11.8 Å². The summed E-state index contributed by atoms with van der Waals surface area (Å²) in [5.41, 5.74) is 0. The van der Waals surface area contributed by atoms with E-state index in [0.717, 1.165) is 32.1 Å². The molecule has 0 saturated carbocycles. The lowest BCUT2D eigenvalue weighted by Crippen LogP contribution is -2.16. The highest BCUT2D eigenvalue weighted by molar-refractivity contribution is 8.14. The van der Waals surface area contributed by atoms with Crippen molar-refractivity contribution in [3.8, 4) is 0 Å². The lowest BCUT2D eigenvalue weighted by Gasteiger charge is -2.11. The maximum absolute atomic E-state index is 11.5. The Balaban J connectivity index is 3.93. The molecule has 0 spiro atoms. The molecular formula is C12H22O2S. The van der Waals surface area contributed by atoms with Crippen molar-refractivity contribution >= 4 is 22.7 Å². The highest BCUT2D eigenvalue weighted by Crippen LogP contribution is 2.21. The Bertz CT molecular complexity index is 202. The zero-order chi connectivity index (χ0) is 11.7. The normalized spacial score (nSPS) is 12.5. The van der Waals surface area contributed by atoms with Crippen LogP contribution in [0.15, 0.2) is 0 Å². The van der Waals surface area contributed by atoms with Crippen LogP contribution in [0.4, 0.5) is 0 Å². The van der Waals surface area contributed by atoms with Crippen molar-refractivity contribution in [3.05, 3.63) is 0 Å². The van der Waals surface area contributed by atoms with E-state index in [1.807, 2.05) is 0 Å². The Kier molecular flexibility index (Phi) is 8.77. The average molecular weight is 230 g/mol. The molecule has 3 heteroatoms. The van der Waals surface area contributed by atoms with E-state index in [0.29, 0.717) is 6.42 Å². The Hall–Kier alpha value is -0.310. The fourth-order valence-corrected chi connectivity index (χ4v) is 2.30. The lowest BCUT2D eigenvalue weighted by molar-refractivity contribution is -0.117. The van der Waals surface area contributed by atoms with Crippen LogP contribution in [0.25, 0.3) is 0 Å². The van der Waals surface area contributed by atoms with Crippen LogP contribution >= 0.6 is 11.8 Å². The van der Waals surface area contributed by atoms with Gasteiger partial charge in [-0.05, 0) is 19.8 Å². The molecule has 0 N–H and O–H groups in total. The number of ketones is 1. The largest absolute Gasteiger partial charge is 0.299 e. The van der Waals surface area contributed by atoms with Crippen molar-refractivity contribution in [2.45, 2.75) is 64.5 Å². The summed E-state index contributed by atoms with van der Waals surface area (Å²) in [6, 6.07) is 0.